The number of likely N-dealkylation sites (N-methyl/N-ethyl adjacent to an activating group) is 1. The summed E-state index contributed by atoms with van der Waals surface area (Å²) in [4.78, 5) is 25.1. The zero-order chi connectivity index (χ0) is 44.8. The molecule has 0 rings (SSSR count). The first-order chi connectivity index (χ1) is 29.6. The van der Waals surface area contributed by atoms with Gasteiger partial charge in [0.25, 0.3) is 7.82 Å². The molecule has 61 heavy (non-hydrogen) atoms. The van der Waals surface area contributed by atoms with Gasteiger partial charge in [-0.2, -0.15) is 0 Å². The molecule has 8 nitrogen and oxygen atoms in total. The lowest BCUT2D eigenvalue weighted by Crippen LogP contribution is -2.37. The van der Waals surface area contributed by atoms with E-state index < -0.39 is 13.9 Å². The lowest BCUT2D eigenvalue weighted by Gasteiger charge is -2.28. The Balaban J connectivity index is 4.26. The molecule has 0 fully saturated rings. The summed E-state index contributed by atoms with van der Waals surface area (Å²) in [6.07, 6.45) is 58.9. The minimum absolute atomic E-state index is 0.0159. The maximum absolute atomic E-state index is 12.7. The predicted molar refractivity (Wildman–Crippen MR) is 258 cm³/mol. The summed E-state index contributed by atoms with van der Waals surface area (Å²) in [6, 6.07) is 0. The van der Waals surface area contributed by atoms with Crippen LogP contribution in [0.1, 0.15) is 181 Å². The summed E-state index contributed by atoms with van der Waals surface area (Å²) < 4.78 is 34.6. The Bertz CT molecular complexity index is 1250. The van der Waals surface area contributed by atoms with E-state index in [1.165, 1.54) is 77.0 Å². The van der Waals surface area contributed by atoms with Gasteiger partial charge in [-0.25, -0.2) is 0 Å². The van der Waals surface area contributed by atoms with Gasteiger partial charge in [0, 0.05) is 13.0 Å². The Morgan fingerprint density at radius 2 is 0.951 bits per heavy atom. The topological polar surface area (TPSA) is 94.1 Å². The molecule has 0 aliphatic heterocycles. The highest BCUT2D eigenvalue weighted by Crippen LogP contribution is 2.38. The molecular formula is C52H92NO7P. The Morgan fingerprint density at radius 3 is 1.41 bits per heavy atom. The van der Waals surface area contributed by atoms with Crippen LogP contribution in [0.4, 0.5) is 0 Å². The van der Waals surface area contributed by atoms with Crippen molar-refractivity contribution in [3.8, 4) is 0 Å². The fraction of sp³-hybridized carbons (Fsp3) is 0.712. The molecule has 0 radical (unpaired) electrons. The van der Waals surface area contributed by atoms with Crippen molar-refractivity contribution in [2.24, 2.45) is 0 Å². The van der Waals surface area contributed by atoms with E-state index in [4.69, 9.17) is 18.5 Å². The van der Waals surface area contributed by atoms with Gasteiger partial charge in [-0.3, -0.25) is 9.36 Å². The van der Waals surface area contributed by atoms with Gasteiger partial charge in [0.1, 0.15) is 19.3 Å². The zero-order valence-electron chi connectivity index (χ0n) is 39.8. The second-order valence-corrected chi connectivity index (χ2v) is 18.5. The van der Waals surface area contributed by atoms with Crippen molar-refractivity contribution in [2.45, 2.75) is 187 Å². The summed E-state index contributed by atoms with van der Waals surface area (Å²) in [5, 5.41) is 0. The third-order valence-corrected chi connectivity index (χ3v) is 10.9. The molecule has 9 heteroatoms. The van der Waals surface area contributed by atoms with Crippen LogP contribution in [0.3, 0.4) is 0 Å². The number of carbonyl (C=O) groups excluding carboxylic acids is 1. The molecule has 0 amide bonds. The Kier molecular flexibility index (Phi) is 42.6. The second-order valence-electron chi connectivity index (χ2n) is 17.1. The highest BCUT2D eigenvalue weighted by Gasteiger charge is 2.20. The minimum Gasteiger partial charge on any atom is -0.756 e. The largest absolute Gasteiger partial charge is 0.756 e. The van der Waals surface area contributed by atoms with Crippen LogP contribution in [0.25, 0.3) is 0 Å². The molecule has 0 aromatic heterocycles. The van der Waals surface area contributed by atoms with Crippen molar-refractivity contribution in [3.05, 3.63) is 85.1 Å². The predicted octanol–water partition coefficient (Wildman–Crippen LogP) is 14.2. The van der Waals surface area contributed by atoms with Crippen LogP contribution in [0, 0.1) is 0 Å². The van der Waals surface area contributed by atoms with Crippen LogP contribution < -0.4 is 4.89 Å². The molecule has 0 spiro atoms. The lowest BCUT2D eigenvalue weighted by molar-refractivity contribution is -0.870. The van der Waals surface area contributed by atoms with Crippen molar-refractivity contribution in [2.75, 3.05) is 54.1 Å². The maximum atomic E-state index is 12.7. The molecule has 0 aromatic rings. The van der Waals surface area contributed by atoms with Gasteiger partial charge in [0.05, 0.1) is 34.4 Å². The molecule has 0 aliphatic carbocycles. The smallest absolute Gasteiger partial charge is 0.306 e. The normalized spacial score (nSPS) is 14.4. The van der Waals surface area contributed by atoms with Gasteiger partial charge in [0.15, 0.2) is 0 Å². The molecule has 0 bridgehead atoms. The van der Waals surface area contributed by atoms with Crippen molar-refractivity contribution < 1.29 is 37.3 Å². The first-order valence-electron chi connectivity index (χ1n) is 24.3. The van der Waals surface area contributed by atoms with Crippen LogP contribution in [0.15, 0.2) is 85.1 Å². The molecule has 0 aromatic carbocycles. The molecular weight excluding hydrogens is 782 g/mol. The molecule has 0 N–H and O–H groups in total. The average molecular weight is 874 g/mol. The van der Waals surface area contributed by atoms with Crippen LogP contribution in [-0.2, 0) is 27.9 Å². The Labute approximate surface area is 375 Å². The first kappa shape index (κ1) is 58.7. The van der Waals surface area contributed by atoms with Gasteiger partial charge in [0.2, 0.25) is 0 Å². The van der Waals surface area contributed by atoms with Crippen molar-refractivity contribution >= 4 is 13.8 Å². The van der Waals surface area contributed by atoms with Gasteiger partial charge in [-0.05, 0) is 70.6 Å². The number of quaternary nitrogens is 1. The van der Waals surface area contributed by atoms with Crippen molar-refractivity contribution in [3.63, 3.8) is 0 Å². The highest BCUT2D eigenvalue weighted by molar-refractivity contribution is 7.45. The third-order valence-electron chi connectivity index (χ3n) is 9.96. The number of allylic oxidation sites excluding steroid dienone is 14. The summed E-state index contributed by atoms with van der Waals surface area (Å²) >= 11 is 0. The summed E-state index contributed by atoms with van der Waals surface area (Å²) in [5.74, 6) is -0.367. The van der Waals surface area contributed by atoms with Crippen LogP contribution in [-0.4, -0.2) is 70.7 Å². The van der Waals surface area contributed by atoms with Gasteiger partial charge in [-0.15, -0.1) is 0 Å². The summed E-state index contributed by atoms with van der Waals surface area (Å²) in [5.41, 5.74) is 0. The quantitative estimate of drug-likeness (QED) is 0.0198. The maximum Gasteiger partial charge on any atom is 0.306 e. The molecule has 0 saturated carbocycles. The number of esters is 1. The standard InChI is InChI=1S/C52H92NO7P/c1-6-8-10-12-14-16-18-20-22-23-24-25-26-27-28-29-30-31-32-33-35-37-39-41-43-45-52(54)60-51(50-59-61(55,56)58-48-46-53(3,4)5)49-57-47-44-42-40-38-36-34-21-19-17-15-13-11-9-7-2/h8,10,14,16,20,22,24-25,27-28,30-31,33,35,51H,6-7,9,11-13,15,17-19,21,23,26,29,32,34,36-50H2,1-5H3/b10-8-,16-14-,22-20-,25-24-,28-27-,31-30-,35-33-. The van der Waals surface area contributed by atoms with Crippen molar-refractivity contribution in [1.29, 1.82) is 0 Å². The number of hydrogen-bond acceptors (Lipinski definition) is 7. The van der Waals surface area contributed by atoms with Crippen molar-refractivity contribution in [1.82, 2.24) is 0 Å². The zero-order valence-corrected chi connectivity index (χ0v) is 40.7. The van der Waals surface area contributed by atoms with Crippen LogP contribution in [0.2, 0.25) is 0 Å². The number of phosphoric ester groups is 1. The van der Waals surface area contributed by atoms with E-state index >= 15 is 0 Å². The van der Waals surface area contributed by atoms with E-state index in [0.29, 0.717) is 24.1 Å². The Hall–Kier alpha value is -2.32. The number of nitrogens with zero attached hydrogens (tertiary/aromatic N) is 1. The number of ether oxygens (including phenoxy) is 2. The summed E-state index contributed by atoms with van der Waals surface area (Å²) in [6.45, 7) is 5.25. The highest BCUT2D eigenvalue weighted by atomic mass is 31.2. The van der Waals surface area contributed by atoms with E-state index in [2.05, 4.69) is 98.9 Å². The first-order valence-corrected chi connectivity index (χ1v) is 25.8. The fourth-order valence-corrected chi connectivity index (χ4v) is 6.96. The van der Waals surface area contributed by atoms with E-state index in [-0.39, 0.29) is 32.2 Å². The number of hydrogen-bond donors (Lipinski definition) is 0. The summed E-state index contributed by atoms with van der Waals surface area (Å²) in [7, 11) is 1.32. The molecule has 352 valence electrons. The van der Waals surface area contributed by atoms with Gasteiger partial charge < -0.3 is 27.9 Å². The van der Waals surface area contributed by atoms with E-state index in [9.17, 15) is 14.3 Å². The van der Waals surface area contributed by atoms with E-state index in [1.54, 1.807) is 0 Å². The lowest BCUT2D eigenvalue weighted by atomic mass is 10.0. The molecule has 2 unspecified atom stereocenters. The third kappa shape index (κ3) is 48.6. The second kappa shape index (κ2) is 44.3. The van der Waals surface area contributed by atoms with E-state index in [1.807, 2.05) is 21.1 Å². The van der Waals surface area contributed by atoms with Gasteiger partial charge in [-0.1, -0.05) is 189 Å². The minimum atomic E-state index is -4.54. The SMILES string of the molecule is CC/C=C\C/C=C\C/C=C\C/C=C\C/C=C\C/C=C\C/C=C\CCCCCC(=O)OC(COCCCCCCCCCCCCCCCC)COP(=O)([O-])OCC[N+](C)(C)C. The molecule has 2 atom stereocenters. The number of phosphoric acid groups is 1. The molecule has 0 saturated heterocycles. The van der Waals surface area contributed by atoms with Crippen LogP contribution >= 0.6 is 7.82 Å². The fourth-order valence-electron chi connectivity index (χ4n) is 6.23. The van der Waals surface area contributed by atoms with E-state index in [0.717, 1.165) is 77.0 Å². The number of unbranched alkanes of at least 4 members (excludes halogenated alkanes) is 16. The molecule has 0 aliphatic rings. The van der Waals surface area contributed by atoms with Crippen LogP contribution in [0.5, 0.6) is 0 Å². The average Bonchev–Trinajstić information content (AvgIpc) is 3.22. The Morgan fingerprint density at radius 1 is 0.525 bits per heavy atom. The monoisotopic (exact) mass is 874 g/mol. The number of carbonyl (C=O) groups is 1. The number of rotatable bonds is 44. The molecule has 0 heterocycles. The van der Waals surface area contributed by atoms with Gasteiger partial charge >= 0.3 is 5.97 Å².